The minimum absolute atomic E-state index is 0.0208. The largest absolute Gasteiger partial charge is 0.481 e. The molecule has 1 saturated heterocycles. The Morgan fingerprint density at radius 3 is 1.35 bits per heavy atom. The standard InChI is InChI=1S/C35H62N8O12S2/c1-26(44)27(39-35(52)28(36-2)7-9-31(47)48)6-8-29(45)37-10-20-56-57-21-11-38-30(46)22-40-12-14-41(23-32(49)53-3)16-18-43(25-34(51)55-5)19-17-42(15-13-40)24-33(50)54-4/h27-28,36H,6-25H2,1-5H3,(H,37,45)(H,38,46)(H,39,52)(H,47,48). The van der Waals surface area contributed by atoms with E-state index >= 15 is 0 Å². The lowest BCUT2D eigenvalue weighted by atomic mass is 10.1. The summed E-state index contributed by atoms with van der Waals surface area (Å²) in [4.78, 5) is 105. The number of ether oxygens (including phenoxy) is 3. The second kappa shape index (κ2) is 30.5. The van der Waals surface area contributed by atoms with Gasteiger partial charge in [-0.25, -0.2) is 0 Å². The number of carboxylic acids is 1. The topological polar surface area (TPSA) is 246 Å². The molecular weight excluding hydrogens is 789 g/mol. The molecule has 2 atom stereocenters. The molecule has 22 heteroatoms. The maximum Gasteiger partial charge on any atom is 0.319 e. The summed E-state index contributed by atoms with van der Waals surface area (Å²) in [6.07, 6.45) is -0.0180. The summed E-state index contributed by atoms with van der Waals surface area (Å²) in [5, 5.41) is 20.0. The molecule has 57 heavy (non-hydrogen) atoms. The van der Waals surface area contributed by atoms with Gasteiger partial charge in [0.05, 0.1) is 59.6 Å². The van der Waals surface area contributed by atoms with Gasteiger partial charge in [0.1, 0.15) is 0 Å². The van der Waals surface area contributed by atoms with Gasteiger partial charge in [0.15, 0.2) is 5.78 Å². The molecule has 0 aromatic heterocycles. The highest BCUT2D eigenvalue weighted by molar-refractivity contribution is 8.76. The summed E-state index contributed by atoms with van der Waals surface area (Å²) in [5.74, 6) is -2.26. The van der Waals surface area contributed by atoms with E-state index in [-0.39, 0.29) is 69.5 Å². The summed E-state index contributed by atoms with van der Waals surface area (Å²) in [7, 11) is 8.56. The van der Waals surface area contributed by atoms with Crippen molar-refractivity contribution < 1.29 is 57.7 Å². The van der Waals surface area contributed by atoms with E-state index in [1.54, 1.807) is 0 Å². The number of nitrogens with zero attached hydrogens (tertiary/aromatic N) is 4. The van der Waals surface area contributed by atoms with Crippen LogP contribution < -0.4 is 21.3 Å². The molecule has 0 bridgehead atoms. The van der Waals surface area contributed by atoms with E-state index in [9.17, 15) is 38.4 Å². The van der Waals surface area contributed by atoms with Crippen LogP contribution in [0.25, 0.3) is 0 Å². The molecule has 1 aliphatic rings. The quantitative estimate of drug-likeness (QED) is 0.0279. The van der Waals surface area contributed by atoms with Crippen LogP contribution in [0.2, 0.25) is 0 Å². The van der Waals surface area contributed by atoms with E-state index in [0.29, 0.717) is 77.0 Å². The summed E-state index contributed by atoms with van der Waals surface area (Å²) in [5.41, 5.74) is 0. The number of rotatable bonds is 25. The number of ketones is 1. The third kappa shape index (κ3) is 24.8. The first-order valence-electron chi connectivity index (χ1n) is 18.8. The van der Waals surface area contributed by atoms with Crippen LogP contribution in [0.3, 0.4) is 0 Å². The van der Waals surface area contributed by atoms with Crippen molar-refractivity contribution in [1.82, 2.24) is 40.9 Å². The van der Waals surface area contributed by atoms with Crippen LogP contribution in [-0.2, 0) is 52.6 Å². The third-order valence-corrected chi connectivity index (χ3v) is 11.3. The molecule has 0 saturated carbocycles. The zero-order chi connectivity index (χ0) is 42.6. The molecule has 20 nitrogen and oxygen atoms in total. The smallest absolute Gasteiger partial charge is 0.319 e. The molecule has 1 heterocycles. The molecule has 1 fully saturated rings. The molecule has 0 aromatic carbocycles. The van der Waals surface area contributed by atoms with E-state index in [2.05, 4.69) is 21.3 Å². The first kappa shape index (κ1) is 51.5. The van der Waals surface area contributed by atoms with Crippen LogP contribution in [0.15, 0.2) is 0 Å². The van der Waals surface area contributed by atoms with Crippen LogP contribution >= 0.6 is 21.6 Å². The van der Waals surface area contributed by atoms with Gasteiger partial charge in [0, 0.05) is 89.8 Å². The van der Waals surface area contributed by atoms with E-state index in [4.69, 9.17) is 19.3 Å². The van der Waals surface area contributed by atoms with Crippen LogP contribution in [0.5, 0.6) is 0 Å². The van der Waals surface area contributed by atoms with Gasteiger partial charge in [-0.1, -0.05) is 21.6 Å². The van der Waals surface area contributed by atoms with Gasteiger partial charge in [-0.2, -0.15) is 0 Å². The van der Waals surface area contributed by atoms with Crippen molar-refractivity contribution in [1.29, 1.82) is 0 Å². The Kier molecular flexibility index (Phi) is 27.6. The molecule has 3 amide bonds. The normalized spacial score (nSPS) is 16.2. The second-order valence-corrected chi connectivity index (χ2v) is 15.9. The minimum atomic E-state index is -1.03. The maximum absolute atomic E-state index is 13.0. The zero-order valence-corrected chi connectivity index (χ0v) is 35.5. The number of methoxy groups -OCH3 is 3. The van der Waals surface area contributed by atoms with Crippen molar-refractivity contribution in [2.75, 3.05) is 132 Å². The number of nitrogens with one attached hydrogen (secondary N) is 4. The van der Waals surface area contributed by atoms with Crippen molar-refractivity contribution in [2.24, 2.45) is 0 Å². The van der Waals surface area contributed by atoms with Crippen molar-refractivity contribution in [3.63, 3.8) is 0 Å². The molecule has 0 aromatic rings. The average molecular weight is 851 g/mol. The molecule has 0 radical (unpaired) electrons. The number of hydrogen-bond donors (Lipinski definition) is 5. The number of carbonyl (C=O) groups is 8. The molecule has 0 spiro atoms. The van der Waals surface area contributed by atoms with Crippen molar-refractivity contribution in [3.8, 4) is 0 Å². The van der Waals surface area contributed by atoms with Gasteiger partial charge in [0.2, 0.25) is 17.7 Å². The predicted octanol–water partition coefficient (Wildman–Crippen LogP) is -2.35. The number of carbonyl (C=O) groups excluding carboxylic acids is 7. The Labute approximate surface area is 342 Å². The fraction of sp³-hybridized carbons (Fsp3) is 0.771. The highest BCUT2D eigenvalue weighted by Gasteiger charge is 2.25. The van der Waals surface area contributed by atoms with Gasteiger partial charge in [-0.05, 0) is 26.8 Å². The van der Waals surface area contributed by atoms with E-state index in [1.165, 1.54) is 56.9 Å². The molecule has 1 aliphatic heterocycles. The Bertz CT molecular complexity index is 1270. The van der Waals surface area contributed by atoms with Gasteiger partial charge < -0.3 is 40.6 Å². The zero-order valence-electron chi connectivity index (χ0n) is 33.8. The summed E-state index contributed by atoms with van der Waals surface area (Å²) >= 11 is 0. The lowest BCUT2D eigenvalue weighted by molar-refractivity contribution is -0.144. The lowest BCUT2D eigenvalue weighted by Gasteiger charge is -2.33. The Morgan fingerprint density at radius 1 is 0.596 bits per heavy atom. The summed E-state index contributed by atoms with van der Waals surface area (Å²) in [6, 6.07) is -1.65. The van der Waals surface area contributed by atoms with Gasteiger partial charge in [0.25, 0.3) is 0 Å². The summed E-state index contributed by atoms with van der Waals surface area (Å²) in [6.45, 7) is 6.03. The number of carboxylic acid groups (broad SMARTS) is 1. The molecule has 0 aliphatic carbocycles. The van der Waals surface area contributed by atoms with E-state index in [1.807, 2.05) is 19.6 Å². The van der Waals surface area contributed by atoms with E-state index in [0.717, 1.165) is 0 Å². The number of Topliss-reactive ketones (excluding diaryl/α,β-unsaturated/α-hetero) is 1. The lowest BCUT2D eigenvalue weighted by Crippen LogP contribution is -2.50. The van der Waals surface area contributed by atoms with Crippen LogP contribution in [0, 0.1) is 0 Å². The highest BCUT2D eigenvalue weighted by atomic mass is 33.1. The van der Waals surface area contributed by atoms with Crippen molar-refractivity contribution in [3.05, 3.63) is 0 Å². The van der Waals surface area contributed by atoms with Gasteiger partial charge >= 0.3 is 23.9 Å². The highest BCUT2D eigenvalue weighted by Crippen LogP contribution is 2.19. The minimum Gasteiger partial charge on any atom is -0.481 e. The monoisotopic (exact) mass is 850 g/mol. The molecule has 1 rings (SSSR count). The fourth-order valence-electron chi connectivity index (χ4n) is 5.48. The fourth-order valence-corrected chi connectivity index (χ4v) is 7.29. The van der Waals surface area contributed by atoms with Crippen LogP contribution in [-0.4, -0.2) is 216 Å². The van der Waals surface area contributed by atoms with Crippen LogP contribution in [0.1, 0.15) is 32.6 Å². The Morgan fingerprint density at radius 2 is 0.982 bits per heavy atom. The first-order valence-corrected chi connectivity index (χ1v) is 21.3. The Hall–Kier alpha value is -3.54. The first-order chi connectivity index (χ1) is 27.2. The number of likely N-dealkylation sites (N-methyl/N-ethyl adjacent to an activating group) is 1. The number of aliphatic carboxylic acids is 1. The second-order valence-electron chi connectivity index (χ2n) is 13.2. The molecule has 2 unspecified atom stereocenters. The Balaban J connectivity index is 2.56. The number of esters is 3. The maximum atomic E-state index is 13.0. The van der Waals surface area contributed by atoms with Gasteiger partial charge in [-0.15, -0.1) is 0 Å². The average Bonchev–Trinajstić information content (AvgIpc) is 3.17. The predicted molar refractivity (Wildman–Crippen MR) is 214 cm³/mol. The molecule has 326 valence electrons. The summed E-state index contributed by atoms with van der Waals surface area (Å²) < 4.78 is 14.6. The number of amides is 3. The van der Waals surface area contributed by atoms with Crippen molar-refractivity contribution >= 4 is 69.0 Å². The molecular formula is C35H62N8O12S2. The SMILES string of the molecule is CNC(CCC(=O)O)C(=O)NC(CCC(=O)NCCSSCCNC(=O)CN1CCN(CC(=O)OC)CCN(CC(=O)OC)CCN(CC(=O)OC)CC1)C(C)=O. The van der Waals surface area contributed by atoms with Crippen LogP contribution in [0.4, 0.5) is 0 Å². The van der Waals surface area contributed by atoms with E-state index < -0.39 is 41.9 Å². The van der Waals surface area contributed by atoms with Crippen molar-refractivity contribution in [2.45, 2.75) is 44.7 Å². The third-order valence-electron chi connectivity index (χ3n) is 8.92. The number of hydrogen-bond acceptors (Lipinski definition) is 18. The molecule has 5 N–H and O–H groups in total. The van der Waals surface area contributed by atoms with Gasteiger partial charge in [-0.3, -0.25) is 58.0 Å².